The first-order chi connectivity index (χ1) is 12.7. The van der Waals surface area contributed by atoms with Gasteiger partial charge in [0, 0.05) is 11.4 Å². The van der Waals surface area contributed by atoms with Gasteiger partial charge in [-0.3, -0.25) is 4.79 Å². The van der Waals surface area contributed by atoms with Crippen LogP contribution in [-0.4, -0.2) is 12.0 Å². The molecule has 1 aliphatic rings. The van der Waals surface area contributed by atoms with Crippen molar-refractivity contribution in [2.45, 2.75) is 18.6 Å². The van der Waals surface area contributed by atoms with Gasteiger partial charge in [0.1, 0.15) is 5.75 Å². The maximum atomic E-state index is 12.9. The van der Waals surface area contributed by atoms with Crippen molar-refractivity contribution in [2.75, 3.05) is 0 Å². The Morgan fingerprint density at radius 1 is 0.962 bits per heavy atom. The van der Waals surface area contributed by atoms with E-state index in [1.54, 1.807) is 6.07 Å². The molecule has 0 aliphatic carbocycles. The lowest BCUT2D eigenvalue weighted by Crippen LogP contribution is -2.40. The van der Waals surface area contributed by atoms with Crippen LogP contribution in [-0.2, 0) is 11.2 Å². The van der Waals surface area contributed by atoms with Crippen molar-refractivity contribution in [3.05, 3.63) is 101 Å². The first kappa shape index (κ1) is 16.7. The highest BCUT2D eigenvalue weighted by atomic mass is 35.5. The number of hydrogen-bond acceptors (Lipinski definition) is 2. The Morgan fingerprint density at radius 3 is 2.19 bits per heavy atom. The van der Waals surface area contributed by atoms with Gasteiger partial charge >= 0.3 is 0 Å². The summed E-state index contributed by atoms with van der Waals surface area (Å²) < 4.78 is 5.83. The highest BCUT2D eigenvalue weighted by molar-refractivity contribution is 6.30. The molecule has 1 unspecified atom stereocenters. The van der Waals surface area contributed by atoms with Gasteiger partial charge in [-0.25, -0.2) is 0 Å². The van der Waals surface area contributed by atoms with Crippen LogP contribution in [0.1, 0.15) is 22.7 Å². The summed E-state index contributed by atoms with van der Waals surface area (Å²) in [5.74, 6) is 0.598. The molecule has 3 aromatic carbocycles. The van der Waals surface area contributed by atoms with Crippen molar-refractivity contribution in [1.82, 2.24) is 5.32 Å². The molecular weight excluding hydrogens is 346 g/mol. The third kappa shape index (κ3) is 3.44. The molecule has 4 heteroatoms. The molecule has 130 valence electrons. The fourth-order valence-corrected chi connectivity index (χ4v) is 3.44. The summed E-state index contributed by atoms with van der Waals surface area (Å²) in [6, 6.07) is 25.1. The van der Waals surface area contributed by atoms with Crippen LogP contribution in [0.2, 0.25) is 5.02 Å². The number of rotatable bonds is 4. The summed E-state index contributed by atoms with van der Waals surface area (Å²) in [4.78, 5) is 12.9. The third-order valence-corrected chi connectivity index (χ3v) is 4.78. The zero-order valence-corrected chi connectivity index (χ0v) is 14.8. The molecule has 1 amide bonds. The summed E-state index contributed by atoms with van der Waals surface area (Å²) >= 11 is 6.04. The van der Waals surface area contributed by atoms with E-state index in [0.717, 1.165) is 22.4 Å². The highest BCUT2D eigenvalue weighted by Crippen LogP contribution is 2.32. The molecule has 0 aromatic heterocycles. The van der Waals surface area contributed by atoms with Gasteiger partial charge in [-0.15, -0.1) is 0 Å². The summed E-state index contributed by atoms with van der Waals surface area (Å²) in [7, 11) is 0. The van der Waals surface area contributed by atoms with E-state index in [4.69, 9.17) is 16.3 Å². The Hall–Kier alpha value is -2.78. The quantitative estimate of drug-likeness (QED) is 0.738. The highest BCUT2D eigenvalue weighted by Gasteiger charge is 2.31. The van der Waals surface area contributed by atoms with Crippen molar-refractivity contribution in [3.63, 3.8) is 0 Å². The van der Waals surface area contributed by atoms with Gasteiger partial charge in [-0.2, -0.15) is 0 Å². The van der Waals surface area contributed by atoms with E-state index in [1.807, 2.05) is 72.8 Å². The van der Waals surface area contributed by atoms with Gasteiger partial charge < -0.3 is 10.1 Å². The minimum absolute atomic E-state index is 0.130. The zero-order valence-electron chi connectivity index (χ0n) is 14.1. The lowest BCUT2D eigenvalue weighted by molar-refractivity contribution is -0.127. The number of fused-ring (bicyclic) bond motifs is 1. The average molecular weight is 364 g/mol. The monoisotopic (exact) mass is 363 g/mol. The van der Waals surface area contributed by atoms with E-state index < -0.39 is 6.10 Å². The lowest BCUT2D eigenvalue weighted by Gasteiger charge is -2.21. The standard InChI is InChI=1S/C22H18ClNO2/c23-18-11-12-19-17(13-18)14-20(26-19)22(25)24-21(15-7-3-1-4-8-15)16-9-5-2-6-10-16/h1-13,20-21H,14H2,(H,24,25). The normalized spacial score (nSPS) is 15.4. The topological polar surface area (TPSA) is 38.3 Å². The van der Waals surface area contributed by atoms with E-state index in [-0.39, 0.29) is 11.9 Å². The first-order valence-electron chi connectivity index (χ1n) is 8.56. The molecule has 1 N–H and O–H groups in total. The predicted molar refractivity (Wildman–Crippen MR) is 102 cm³/mol. The number of carbonyl (C=O) groups excluding carboxylic acids is 1. The number of hydrogen-bond donors (Lipinski definition) is 1. The minimum Gasteiger partial charge on any atom is -0.480 e. The first-order valence-corrected chi connectivity index (χ1v) is 8.94. The Balaban J connectivity index is 1.56. The molecule has 0 radical (unpaired) electrons. The molecule has 4 rings (SSSR count). The molecule has 26 heavy (non-hydrogen) atoms. The van der Waals surface area contributed by atoms with Crippen molar-refractivity contribution < 1.29 is 9.53 Å². The number of benzene rings is 3. The molecule has 3 aromatic rings. The molecule has 3 nitrogen and oxygen atoms in total. The summed E-state index contributed by atoms with van der Waals surface area (Å²) in [6.07, 6.45) is -0.0173. The maximum absolute atomic E-state index is 12.9. The van der Waals surface area contributed by atoms with Gasteiger partial charge in [0.25, 0.3) is 5.91 Å². The van der Waals surface area contributed by atoms with Gasteiger partial charge in [0.15, 0.2) is 6.10 Å². The smallest absolute Gasteiger partial charge is 0.262 e. The van der Waals surface area contributed by atoms with Gasteiger partial charge in [0.05, 0.1) is 6.04 Å². The maximum Gasteiger partial charge on any atom is 0.262 e. The van der Waals surface area contributed by atoms with Crippen molar-refractivity contribution in [1.29, 1.82) is 0 Å². The van der Waals surface area contributed by atoms with Crippen LogP contribution in [0.25, 0.3) is 0 Å². The van der Waals surface area contributed by atoms with E-state index in [0.29, 0.717) is 11.4 Å². The van der Waals surface area contributed by atoms with Crippen molar-refractivity contribution in [2.24, 2.45) is 0 Å². The molecule has 1 aliphatic heterocycles. The second-order valence-electron chi connectivity index (χ2n) is 6.33. The van der Waals surface area contributed by atoms with Crippen LogP contribution in [0.4, 0.5) is 0 Å². The predicted octanol–water partition coefficient (Wildman–Crippen LogP) is 4.55. The Kier molecular flexibility index (Phi) is 4.63. The number of amides is 1. The summed E-state index contributed by atoms with van der Waals surface area (Å²) in [6.45, 7) is 0. The van der Waals surface area contributed by atoms with E-state index >= 15 is 0 Å². The Morgan fingerprint density at radius 2 is 1.58 bits per heavy atom. The van der Waals surface area contributed by atoms with Crippen molar-refractivity contribution >= 4 is 17.5 Å². The molecule has 1 heterocycles. The van der Waals surface area contributed by atoms with Crippen LogP contribution in [0.15, 0.2) is 78.9 Å². The van der Waals surface area contributed by atoms with Crippen molar-refractivity contribution in [3.8, 4) is 5.75 Å². The van der Waals surface area contributed by atoms with E-state index in [9.17, 15) is 4.79 Å². The molecule has 0 spiro atoms. The average Bonchev–Trinajstić information content (AvgIpc) is 3.10. The lowest BCUT2D eigenvalue weighted by atomic mass is 9.98. The fourth-order valence-electron chi connectivity index (χ4n) is 3.25. The fraction of sp³-hybridized carbons (Fsp3) is 0.136. The SMILES string of the molecule is O=C(NC(c1ccccc1)c1ccccc1)C1Cc2cc(Cl)ccc2O1. The molecule has 0 fully saturated rings. The second-order valence-corrected chi connectivity index (χ2v) is 6.76. The zero-order chi connectivity index (χ0) is 17.9. The van der Waals surface area contributed by atoms with Crippen LogP contribution in [0.5, 0.6) is 5.75 Å². The van der Waals surface area contributed by atoms with E-state index in [1.165, 1.54) is 0 Å². The van der Waals surface area contributed by atoms with Crippen LogP contribution < -0.4 is 10.1 Å². The van der Waals surface area contributed by atoms with Crippen LogP contribution in [0, 0.1) is 0 Å². The molecule has 0 saturated heterocycles. The number of ether oxygens (including phenoxy) is 1. The Labute approximate surface area is 157 Å². The van der Waals surface area contributed by atoms with Gasteiger partial charge in [0.2, 0.25) is 0 Å². The molecular formula is C22H18ClNO2. The summed E-state index contributed by atoms with van der Waals surface area (Å²) in [5, 5.41) is 3.80. The number of halogens is 1. The third-order valence-electron chi connectivity index (χ3n) is 4.54. The molecule has 1 atom stereocenters. The Bertz CT molecular complexity index is 872. The second kappa shape index (κ2) is 7.22. The van der Waals surface area contributed by atoms with E-state index in [2.05, 4.69) is 5.32 Å². The minimum atomic E-state index is -0.543. The summed E-state index contributed by atoms with van der Waals surface area (Å²) in [5.41, 5.74) is 3.03. The van der Waals surface area contributed by atoms with Gasteiger partial charge in [-0.1, -0.05) is 72.3 Å². The number of nitrogens with one attached hydrogen (secondary N) is 1. The largest absolute Gasteiger partial charge is 0.480 e. The van der Waals surface area contributed by atoms with Crippen LogP contribution in [0.3, 0.4) is 0 Å². The number of carbonyl (C=O) groups is 1. The van der Waals surface area contributed by atoms with Crippen LogP contribution >= 0.6 is 11.6 Å². The van der Waals surface area contributed by atoms with Gasteiger partial charge in [-0.05, 0) is 34.9 Å². The molecule has 0 bridgehead atoms. The molecule has 0 saturated carbocycles.